The van der Waals surface area contributed by atoms with Crippen molar-refractivity contribution in [1.29, 1.82) is 0 Å². The maximum absolute atomic E-state index is 11.8. The van der Waals surface area contributed by atoms with Crippen LogP contribution in [0, 0.1) is 5.92 Å². The fourth-order valence-electron chi connectivity index (χ4n) is 2.88. The molecule has 1 aliphatic carbocycles. The maximum Gasteiger partial charge on any atom is 0.308 e. The fourth-order valence-corrected chi connectivity index (χ4v) is 2.88. The van der Waals surface area contributed by atoms with E-state index in [0.29, 0.717) is 6.61 Å². The van der Waals surface area contributed by atoms with Crippen molar-refractivity contribution in [1.82, 2.24) is 0 Å². The lowest BCUT2D eigenvalue weighted by atomic mass is 9.89. The van der Waals surface area contributed by atoms with Crippen LogP contribution in [0.5, 0.6) is 0 Å². The Bertz CT molecular complexity index is 380. The average molecular weight is 274 g/mol. The van der Waals surface area contributed by atoms with E-state index in [1.807, 2.05) is 6.07 Å². The predicted octanol–water partition coefficient (Wildman–Crippen LogP) is 4.52. The largest absolute Gasteiger partial charge is 0.465 e. The van der Waals surface area contributed by atoms with E-state index in [1.54, 1.807) is 0 Å². The first kappa shape index (κ1) is 15.1. The van der Waals surface area contributed by atoms with Gasteiger partial charge in [-0.2, -0.15) is 0 Å². The second kappa shape index (κ2) is 8.78. The predicted molar refractivity (Wildman–Crippen MR) is 81.5 cm³/mol. The van der Waals surface area contributed by atoms with Crippen LogP contribution in [0.3, 0.4) is 0 Å². The van der Waals surface area contributed by atoms with E-state index < -0.39 is 0 Å². The molecule has 1 aliphatic rings. The molecule has 0 saturated heterocycles. The summed E-state index contributed by atoms with van der Waals surface area (Å²) in [5, 5.41) is 0. The molecule has 0 unspecified atom stereocenters. The van der Waals surface area contributed by atoms with Gasteiger partial charge >= 0.3 is 5.97 Å². The Morgan fingerprint density at radius 2 is 1.75 bits per heavy atom. The van der Waals surface area contributed by atoms with Crippen molar-refractivity contribution >= 4 is 5.97 Å². The molecule has 0 amide bonds. The Kier molecular flexibility index (Phi) is 6.62. The van der Waals surface area contributed by atoms with E-state index in [2.05, 4.69) is 24.3 Å². The number of carbonyl (C=O) groups excluding carboxylic acids is 1. The molecule has 0 aliphatic heterocycles. The van der Waals surface area contributed by atoms with Gasteiger partial charge in [-0.3, -0.25) is 4.79 Å². The molecule has 2 heteroatoms. The van der Waals surface area contributed by atoms with E-state index >= 15 is 0 Å². The number of esters is 1. The van der Waals surface area contributed by atoms with E-state index in [9.17, 15) is 4.79 Å². The highest BCUT2D eigenvalue weighted by Gasteiger charge is 2.21. The van der Waals surface area contributed by atoms with Gasteiger partial charge in [0.25, 0.3) is 0 Å². The van der Waals surface area contributed by atoms with E-state index in [-0.39, 0.29) is 11.9 Å². The summed E-state index contributed by atoms with van der Waals surface area (Å²) in [6.45, 7) is 0.601. The zero-order valence-corrected chi connectivity index (χ0v) is 12.4. The SMILES string of the molecule is O=C(OCCCCCc1ccccc1)C1CCCCC1. The summed E-state index contributed by atoms with van der Waals surface area (Å²) < 4.78 is 5.39. The summed E-state index contributed by atoms with van der Waals surface area (Å²) in [6.07, 6.45) is 10.1. The maximum atomic E-state index is 11.8. The molecular formula is C18H26O2. The topological polar surface area (TPSA) is 26.3 Å². The summed E-state index contributed by atoms with van der Waals surface area (Å²) in [5.74, 6) is 0.237. The van der Waals surface area contributed by atoms with Crippen molar-refractivity contribution in [2.45, 2.75) is 57.8 Å². The third kappa shape index (κ3) is 5.36. The van der Waals surface area contributed by atoms with Crippen molar-refractivity contribution in [2.24, 2.45) is 5.92 Å². The Morgan fingerprint density at radius 3 is 2.50 bits per heavy atom. The zero-order valence-electron chi connectivity index (χ0n) is 12.4. The van der Waals surface area contributed by atoms with Gasteiger partial charge in [-0.15, -0.1) is 0 Å². The van der Waals surface area contributed by atoms with Crippen molar-refractivity contribution in [3.8, 4) is 0 Å². The van der Waals surface area contributed by atoms with Gasteiger partial charge in [0.05, 0.1) is 12.5 Å². The Labute approximate surface area is 122 Å². The van der Waals surface area contributed by atoms with Gasteiger partial charge in [0.15, 0.2) is 0 Å². The lowest BCUT2D eigenvalue weighted by molar-refractivity contribution is -0.149. The Hall–Kier alpha value is -1.31. The normalized spacial score (nSPS) is 16.0. The van der Waals surface area contributed by atoms with E-state index in [0.717, 1.165) is 32.1 Å². The van der Waals surface area contributed by atoms with Crippen LogP contribution in [0.15, 0.2) is 30.3 Å². The highest BCUT2D eigenvalue weighted by atomic mass is 16.5. The van der Waals surface area contributed by atoms with Crippen LogP contribution in [0.4, 0.5) is 0 Å². The quantitative estimate of drug-likeness (QED) is 0.539. The summed E-state index contributed by atoms with van der Waals surface area (Å²) in [5.41, 5.74) is 1.40. The second-order valence-electron chi connectivity index (χ2n) is 5.80. The molecule has 2 rings (SSSR count). The number of ether oxygens (including phenoxy) is 1. The van der Waals surface area contributed by atoms with Crippen molar-refractivity contribution in [3.05, 3.63) is 35.9 Å². The van der Waals surface area contributed by atoms with Gasteiger partial charge in [-0.1, -0.05) is 49.6 Å². The van der Waals surface area contributed by atoms with Crippen LogP contribution in [0.25, 0.3) is 0 Å². The van der Waals surface area contributed by atoms with E-state index in [4.69, 9.17) is 4.74 Å². The molecule has 1 fully saturated rings. The average Bonchev–Trinajstić information content (AvgIpc) is 2.52. The molecule has 0 aromatic heterocycles. The summed E-state index contributed by atoms with van der Waals surface area (Å²) in [6, 6.07) is 10.6. The molecule has 20 heavy (non-hydrogen) atoms. The summed E-state index contributed by atoms with van der Waals surface area (Å²) in [7, 11) is 0. The molecular weight excluding hydrogens is 248 g/mol. The third-order valence-electron chi connectivity index (χ3n) is 4.14. The number of aryl methyl sites for hydroxylation is 1. The Balaban J connectivity index is 1.50. The molecule has 0 spiro atoms. The van der Waals surface area contributed by atoms with Crippen LogP contribution in [0.2, 0.25) is 0 Å². The Morgan fingerprint density at radius 1 is 1.00 bits per heavy atom. The number of hydrogen-bond acceptors (Lipinski definition) is 2. The van der Waals surface area contributed by atoms with Gasteiger partial charge in [-0.25, -0.2) is 0 Å². The minimum atomic E-state index is 0.0489. The van der Waals surface area contributed by atoms with Gasteiger partial charge in [0.2, 0.25) is 0 Å². The summed E-state index contributed by atoms with van der Waals surface area (Å²) in [4.78, 5) is 11.8. The van der Waals surface area contributed by atoms with Gasteiger partial charge in [-0.05, 0) is 44.1 Å². The van der Waals surface area contributed by atoms with Crippen molar-refractivity contribution in [2.75, 3.05) is 6.61 Å². The fraction of sp³-hybridized carbons (Fsp3) is 0.611. The highest BCUT2D eigenvalue weighted by Crippen LogP contribution is 2.24. The number of benzene rings is 1. The van der Waals surface area contributed by atoms with Gasteiger partial charge in [0.1, 0.15) is 0 Å². The molecule has 0 atom stereocenters. The van der Waals surface area contributed by atoms with Gasteiger partial charge < -0.3 is 4.74 Å². The number of carbonyl (C=O) groups is 1. The number of hydrogen-bond donors (Lipinski definition) is 0. The van der Waals surface area contributed by atoms with Gasteiger partial charge in [0, 0.05) is 0 Å². The first-order valence-corrected chi connectivity index (χ1v) is 8.07. The second-order valence-corrected chi connectivity index (χ2v) is 5.80. The monoisotopic (exact) mass is 274 g/mol. The molecule has 110 valence electrons. The minimum Gasteiger partial charge on any atom is -0.465 e. The van der Waals surface area contributed by atoms with Crippen LogP contribution in [0.1, 0.15) is 56.9 Å². The van der Waals surface area contributed by atoms with Crippen molar-refractivity contribution < 1.29 is 9.53 Å². The van der Waals surface area contributed by atoms with Crippen molar-refractivity contribution in [3.63, 3.8) is 0 Å². The molecule has 0 heterocycles. The number of rotatable bonds is 7. The molecule has 0 radical (unpaired) electrons. The minimum absolute atomic E-state index is 0.0489. The molecule has 1 saturated carbocycles. The first-order chi connectivity index (χ1) is 9.86. The number of unbranched alkanes of at least 4 members (excludes halogenated alkanes) is 2. The standard InChI is InChI=1S/C18H26O2/c19-18(17-13-7-2-8-14-17)20-15-9-3-6-12-16-10-4-1-5-11-16/h1,4-5,10-11,17H,2-3,6-9,12-15H2. The van der Waals surface area contributed by atoms with E-state index in [1.165, 1.54) is 31.2 Å². The molecule has 1 aromatic rings. The van der Waals surface area contributed by atoms with Crippen LogP contribution < -0.4 is 0 Å². The third-order valence-corrected chi connectivity index (χ3v) is 4.14. The smallest absolute Gasteiger partial charge is 0.308 e. The van der Waals surface area contributed by atoms with Crippen LogP contribution in [-0.2, 0) is 16.0 Å². The summed E-state index contributed by atoms with van der Waals surface area (Å²) >= 11 is 0. The molecule has 0 bridgehead atoms. The van der Waals surface area contributed by atoms with Crippen LogP contribution >= 0.6 is 0 Å². The lowest BCUT2D eigenvalue weighted by Gasteiger charge is -2.19. The lowest BCUT2D eigenvalue weighted by Crippen LogP contribution is -2.20. The highest BCUT2D eigenvalue weighted by molar-refractivity contribution is 5.72. The molecule has 1 aromatic carbocycles. The first-order valence-electron chi connectivity index (χ1n) is 8.07. The van der Waals surface area contributed by atoms with Crippen LogP contribution in [-0.4, -0.2) is 12.6 Å². The molecule has 2 nitrogen and oxygen atoms in total. The zero-order chi connectivity index (χ0) is 14.0. The molecule has 0 N–H and O–H groups in total.